The van der Waals surface area contributed by atoms with Crippen molar-refractivity contribution >= 4 is 5.52 Å². The molecule has 1 atom stereocenters. The molecule has 0 aromatic carbocycles. The van der Waals surface area contributed by atoms with E-state index in [9.17, 15) is 5.11 Å². The summed E-state index contributed by atoms with van der Waals surface area (Å²) < 4.78 is 2.03. The normalized spacial score (nSPS) is 21.3. The lowest BCUT2D eigenvalue weighted by Gasteiger charge is -2.34. The lowest BCUT2D eigenvalue weighted by atomic mass is 9.96. The first-order chi connectivity index (χ1) is 9.16. The zero-order valence-corrected chi connectivity index (χ0v) is 11.6. The van der Waals surface area contributed by atoms with Crippen LogP contribution in [-0.4, -0.2) is 38.5 Å². The van der Waals surface area contributed by atoms with Crippen LogP contribution in [0, 0.1) is 0 Å². The summed E-state index contributed by atoms with van der Waals surface area (Å²) in [5.41, 5.74) is 0.805. The van der Waals surface area contributed by atoms with Gasteiger partial charge in [0.1, 0.15) is 17.1 Å². The summed E-state index contributed by atoms with van der Waals surface area (Å²) in [6.45, 7) is 6.74. The van der Waals surface area contributed by atoms with Crippen LogP contribution in [0.15, 0.2) is 24.5 Å². The van der Waals surface area contributed by atoms with Gasteiger partial charge in [0.15, 0.2) is 0 Å². The minimum absolute atomic E-state index is 0.303. The zero-order valence-electron chi connectivity index (χ0n) is 11.6. The number of nitrogens with zero attached hydrogens (tertiary/aromatic N) is 3. The monoisotopic (exact) mass is 259 g/mol. The molecule has 3 heterocycles. The minimum atomic E-state index is 0.303. The van der Waals surface area contributed by atoms with E-state index in [1.165, 1.54) is 19.4 Å². The summed E-state index contributed by atoms with van der Waals surface area (Å²) in [6, 6.07) is 4.17. The molecule has 1 aliphatic rings. The maximum atomic E-state index is 9.85. The summed E-state index contributed by atoms with van der Waals surface area (Å²) >= 11 is 0. The summed E-state index contributed by atoms with van der Waals surface area (Å²) in [5, 5.41) is 9.85. The van der Waals surface area contributed by atoms with E-state index in [0.717, 1.165) is 17.9 Å². The highest BCUT2D eigenvalue weighted by molar-refractivity contribution is 5.58. The number of hydrogen-bond donors (Lipinski definition) is 1. The Labute approximate surface area is 113 Å². The van der Waals surface area contributed by atoms with Gasteiger partial charge in [0.05, 0.1) is 6.20 Å². The second-order valence-electron chi connectivity index (χ2n) is 5.69. The molecule has 4 heteroatoms. The maximum Gasteiger partial charge on any atom is 0.141 e. The van der Waals surface area contributed by atoms with Crippen molar-refractivity contribution in [1.82, 2.24) is 14.3 Å². The molecule has 19 heavy (non-hydrogen) atoms. The molecular weight excluding hydrogens is 238 g/mol. The standard InChI is InChI=1S/C15H21N3O/c1-11(2)17-7-3-5-12(10-17)15-16-9-13-14(19)6-4-8-18(13)15/h4,6,8-9,11-12,19H,3,5,7,10H2,1-2H3. The van der Waals surface area contributed by atoms with Crippen LogP contribution in [0.3, 0.4) is 0 Å². The molecule has 4 nitrogen and oxygen atoms in total. The number of aromatic nitrogens is 2. The first-order valence-electron chi connectivity index (χ1n) is 7.06. The highest BCUT2D eigenvalue weighted by atomic mass is 16.3. The minimum Gasteiger partial charge on any atom is -0.506 e. The zero-order chi connectivity index (χ0) is 13.4. The van der Waals surface area contributed by atoms with Crippen LogP contribution in [0.25, 0.3) is 5.52 Å². The van der Waals surface area contributed by atoms with Crippen LogP contribution in [-0.2, 0) is 0 Å². The lowest BCUT2D eigenvalue weighted by molar-refractivity contribution is 0.164. The van der Waals surface area contributed by atoms with Gasteiger partial charge in [0, 0.05) is 24.7 Å². The van der Waals surface area contributed by atoms with Gasteiger partial charge in [-0.05, 0) is 45.4 Å². The fraction of sp³-hybridized carbons (Fsp3) is 0.533. The van der Waals surface area contributed by atoms with Gasteiger partial charge in [-0.15, -0.1) is 0 Å². The van der Waals surface area contributed by atoms with E-state index in [4.69, 9.17) is 0 Å². The molecule has 1 saturated heterocycles. The summed E-state index contributed by atoms with van der Waals surface area (Å²) in [5.74, 6) is 1.84. The predicted molar refractivity (Wildman–Crippen MR) is 75.5 cm³/mol. The topological polar surface area (TPSA) is 40.8 Å². The van der Waals surface area contributed by atoms with Crippen molar-refractivity contribution in [2.75, 3.05) is 13.1 Å². The van der Waals surface area contributed by atoms with Gasteiger partial charge in [-0.1, -0.05) is 0 Å². The van der Waals surface area contributed by atoms with Gasteiger partial charge >= 0.3 is 0 Å². The lowest BCUT2D eigenvalue weighted by Crippen LogP contribution is -2.39. The molecule has 0 amide bonds. The Morgan fingerprint density at radius 2 is 2.26 bits per heavy atom. The molecule has 0 bridgehead atoms. The molecule has 0 saturated carbocycles. The van der Waals surface area contributed by atoms with Crippen LogP contribution in [0.2, 0.25) is 0 Å². The second kappa shape index (κ2) is 4.85. The molecule has 1 aliphatic heterocycles. The number of piperidine rings is 1. The first-order valence-corrected chi connectivity index (χ1v) is 7.06. The Hall–Kier alpha value is -1.55. The number of imidazole rings is 1. The Morgan fingerprint density at radius 1 is 1.42 bits per heavy atom. The Morgan fingerprint density at radius 3 is 3.05 bits per heavy atom. The third-order valence-electron chi connectivity index (χ3n) is 4.13. The Bertz CT molecular complexity index is 576. The van der Waals surface area contributed by atoms with E-state index >= 15 is 0 Å². The molecule has 2 aromatic heterocycles. The molecule has 0 spiro atoms. The van der Waals surface area contributed by atoms with Gasteiger partial charge in [-0.2, -0.15) is 0 Å². The van der Waals surface area contributed by atoms with Gasteiger partial charge in [-0.25, -0.2) is 4.98 Å². The summed E-state index contributed by atoms with van der Waals surface area (Å²) in [7, 11) is 0. The number of likely N-dealkylation sites (tertiary alicyclic amines) is 1. The van der Waals surface area contributed by atoms with E-state index in [-0.39, 0.29) is 0 Å². The third-order valence-corrected chi connectivity index (χ3v) is 4.13. The van der Waals surface area contributed by atoms with Crippen molar-refractivity contribution in [3.8, 4) is 5.75 Å². The van der Waals surface area contributed by atoms with Crippen molar-refractivity contribution < 1.29 is 5.11 Å². The van der Waals surface area contributed by atoms with Crippen LogP contribution < -0.4 is 0 Å². The number of aromatic hydroxyl groups is 1. The van der Waals surface area contributed by atoms with Crippen molar-refractivity contribution in [1.29, 1.82) is 0 Å². The van der Waals surface area contributed by atoms with Crippen LogP contribution in [0.4, 0.5) is 0 Å². The van der Waals surface area contributed by atoms with Crippen LogP contribution in [0.1, 0.15) is 38.4 Å². The quantitative estimate of drug-likeness (QED) is 0.901. The average molecular weight is 259 g/mol. The predicted octanol–water partition coefficient (Wildman–Crippen LogP) is 2.63. The van der Waals surface area contributed by atoms with Gasteiger partial charge < -0.3 is 14.4 Å². The van der Waals surface area contributed by atoms with Crippen LogP contribution >= 0.6 is 0 Å². The van der Waals surface area contributed by atoms with Crippen molar-refractivity contribution in [3.05, 3.63) is 30.4 Å². The second-order valence-corrected chi connectivity index (χ2v) is 5.69. The molecule has 102 valence electrons. The maximum absolute atomic E-state index is 9.85. The fourth-order valence-corrected chi connectivity index (χ4v) is 3.02. The molecule has 3 rings (SSSR count). The molecule has 0 radical (unpaired) electrons. The number of fused-ring (bicyclic) bond motifs is 1. The van der Waals surface area contributed by atoms with Crippen LogP contribution in [0.5, 0.6) is 5.75 Å². The number of rotatable bonds is 2. The van der Waals surface area contributed by atoms with Crippen molar-refractivity contribution in [2.24, 2.45) is 0 Å². The SMILES string of the molecule is CC(C)N1CCCC(c2ncc3c(O)cccn23)C1. The van der Waals surface area contributed by atoms with E-state index in [0.29, 0.717) is 17.7 Å². The fourth-order valence-electron chi connectivity index (χ4n) is 3.02. The third kappa shape index (κ3) is 2.21. The Balaban J connectivity index is 1.94. The number of pyridine rings is 1. The summed E-state index contributed by atoms with van der Waals surface area (Å²) in [4.78, 5) is 7.06. The first kappa shape index (κ1) is 12.5. The Kier molecular flexibility index (Phi) is 3.19. The van der Waals surface area contributed by atoms with Crippen molar-refractivity contribution in [2.45, 2.75) is 38.6 Å². The smallest absolute Gasteiger partial charge is 0.141 e. The molecule has 2 aromatic rings. The molecular formula is C15H21N3O. The molecule has 1 unspecified atom stereocenters. The van der Waals surface area contributed by atoms with E-state index in [1.54, 1.807) is 12.3 Å². The van der Waals surface area contributed by atoms with E-state index in [1.807, 2.05) is 16.7 Å². The molecule has 0 aliphatic carbocycles. The summed E-state index contributed by atoms with van der Waals surface area (Å²) in [6.07, 6.45) is 6.17. The molecule has 1 N–H and O–H groups in total. The van der Waals surface area contributed by atoms with Crippen molar-refractivity contribution in [3.63, 3.8) is 0 Å². The van der Waals surface area contributed by atoms with Gasteiger partial charge in [0.25, 0.3) is 0 Å². The van der Waals surface area contributed by atoms with Gasteiger partial charge in [-0.3, -0.25) is 0 Å². The van der Waals surface area contributed by atoms with E-state index < -0.39 is 0 Å². The number of hydrogen-bond acceptors (Lipinski definition) is 3. The average Bonchev–Trinajstić information content (AvgIpc) is 2.84. The molecule has 1 fully saturated rings. The van der Waals surface area contributed by atoms with Gasteiger partial charge in [0.2, 0.25) is 0 Å². The highest BCUT2D eigenvalue weighted by Gasteiger charge is 2.25. The van der Waals surface area contributed by atoms with E-state index in [2.05, 4.69) is 23.7 Å². The largest absolute Gasteiger partial charge is 0.506 e. The highest BCUT2D eigenvalue weighted by Crippen LogP contribution is 2.29.